The molecule has 0 radical (unpaired) electrons. The van der Waals surface area contributed by atoms with Crippen LogP contribution in [0.2, 0.25) is 0 Å². The van der Waals surface area contributed by atoms with Crippen LogP contribution in [0.15, 0.2) is 6.33 Å². The van der Waals surface area contributed by atoms with E-state index >= 15 is 0 Å². The van der Waals surface area contributed by atoms with Crippen molar-refractivity contribution in [2.45, 2.75) is 19.8 Å². The summed E-state index contributed by atoms with van der Waals surface area (Å²) in [6.45, 7) is 4.09. The molecule has 12 heavy (non-hydrogen) atoms. The van der Waals surface area contributed by atoms with Crippen LogP contribution in [0.5, 0.6) is 0 Å². The average Bonchev–Trinajstić information content (AvgIpc) is 2.03. The van der Waals surface area contributed by atoms with Crippen molar-refractivity contribution in [3.63, 3.8) is 0 Å². The molecule has 3 heteroatoms. The Labute approximate surface area is 77.1 Å². The third kappa shape index (κ3) is 1.54. The van der Waals surface area contributed by atoms with E-state index in [0.29, 0.717) is 10.6 Å². The van der Waals surface area contributed by atoms with Gasteiger partial charge in [0, 0.05) is 5.56 Å². The first kappa shape index (κ1) is 8.95. The predicted octanol–water partition coefficient (Wildman–Crippen LogP) is 2.24. The lowest BCUT2D eigenvalue weighted by molar-refractivity contribution is 0.834. The van der Waals surface area contributed by atoms with Crippen LogP contribution >= 0.6 is 12.2 Å². The number of rotatable bonds is 1. The number of H-pyrrole nitrogens is 1. The highest BCUT2D eigenvalue weighted by atomic mass is 32.1. The van der Waals surface area contributed by atoms with E-state index in [-0.39, 0.29) is 0 Å². The zero-order valence-corrected chi connectivity index (χ0v) is 7.90. The fourth-order valence-electron chi connectivity index (χ4n) is 1.06. The summed E-state index contributed by atoms with van der Waals surface area (Å²) in [6, 6.07) is 0. The maximum atomic E-state index is 5.30. The lowest BCUT2D eigenvalue weighted by Gasteiger charge is -2.06. The molecule has 0 bridgehead atoms. The van der Waals surface area contributed by atoms with Gasteiger partial charge in [-0.15, -0.1) is 6.42 Å². The summed E-state index contributed by atoms with van der Waals surface area (Å²) in [7, 11) is 0. The van der Waals surface area contributed by atoms with Crippen molar-refractivity contribution in [3.05, 3.63) is 22.2 Å². The van der Waals surface area contributed by atoms with Gasteiger partial charge in [0.15, 0.2) is 0 Å². The van der Waals surface area contributed by atoms with Crippen molar-refractivity contribution in [3.8, 4) is 12.3 Å². The molecular weight excluding hydrogens is 168 g/mol. The van der Waals surface area contributed by atoms with E-state index in [1.165, 1.54) is 6.33 Å². The zero-order valence-electron chi connectivity index (χ0n) is 7.09. The monoisotopic (exact) mass is 178 g/mol. The average molecular weight is 178 g/mol. The van der Waals surface area contributed by atoms with Crippen molar-refractivity contribution < 1.29 is 0 Å². The van der Waals surface area contributed by atoms with Crippen molar-refractivity contribution in [1.29, 1.82) is 0 Å². The predicted molar refractivity (Wildman–Crippen MR) is 51.4 cm³/mol. The maximum absolute atomic E-state index is 5.30. The number of aromatic amines is 1. The van der Waals surface area contributed by atoms with Gasteiger partial charge >= 0.3 is 0 Å². The minimum Gasteiger partial charge on any atom is -0.339 e. The van der Waals surface area contributed by atoms with Crippen LogP contribution in [0.4, 0.5) is 0 Å². The molecule has 0 fully saturated rings. The van der Waals surface area contributed by atoms with Gasteiger partial charge in [-0.05, 0) is 5.92 Å². The van der Waals surface area contributed by atoms with Crippen LogP contribution in [-0.2, 0) is 0 Å². The number of hydrogen-bond acceptors (Lipinski definition) is 2. The van der Waals surface area contributed by atoms with Crippen molar-refractivity contribution >= 4 is 12.2 Å². The number of aromatic nitrogens is 2. The SMILES string of the molecule is C#Cc1[nH]cnc(=S)c1C(C)C. The quantitative estimate of drug-likeness (QED) is 0.527. The summed E-state index contributed by atoms with van der Waals surface area (Å²) < 4.78 is 0.594. The van der Waals surface area contributed by atoms with Gasteiger partial charge in [0.25, 0.3) is 0 Å². The van der Waals surface area contributed by atoms with Gasteiger partial charge in [-0.2, -0.15) is 0 Å². The summed E-state index contributed by atoms with van der Waals surface area (Å²) in [6.07, 6.45) is 6.83. The molecule has 62 valence electrons. The molecule has 2 nitrogen and oxygen atoms in total. The van der Waals surface area contributed by atoms with Gasteiger partial charge in [0.05, 0.1) is 12.0 Å². The molecule has 0 saturated heterocycles. The molecule has 1 heterocycles. The third-order valence-electron chi connectivity index (χ3n) is 1.61. The second-order valence-electron chi connectivity index (χ2n) is 2.80. The molecule has 0 unspecified atom stereocenters. The molecule has 1 rings (SSSR count). The minimum atomic E-state index is 0.313. The molecular formula is C9H10N2S. The second-order valence-corrected chi connectivity index (χ2v) is 3.18. The van der Waals surface area contributed by atoms with E-state index in [2.05, 4.69) is 15.9 Å². The van der Waals surface area contributed by atoms with Crippen LogP contribution in [-0.4, -0.2) is 9.97 Å². The fourth-order valence-corrected chi connectivity index (χ4v) is 1.46. The Kier molecular flexibility index (Phi) is 2.61. The summed E-state index contributed by atoms with van der Waals surface area (Å²) in [5.41, 5.74) is 1.69. The first-order valence-electron chi connectivity index (χ1n) is 3.71. The minimum absolute atomic E-state index is 0.313. The molecule has 0 aliphatic heterocycles. The van der Waals surface area contributed by atoms with Crippen LogP contribution in [0.25, 0.3) is 0 Å². The molecule has 0 aliphatic carbocycles. The summed E-state index contributed by atoms with van der Waals surface area (Å²) in [5.74, 6) is 2.87. The highest BCUT2D eigenvalue weighted by Gasteiger charge is 2.06. The van der Waals surface area contributed by atoms with Crippen LogP contribution in [0.1, 0.15) is 31.0 Å². The first-order chi connectivity index (χ1) is 5.66. The van der Waals surface area contributed by atoms with Crippen LogP contribution in [0.3, 0.4) is 0 Å². The Balaban J connectivity index is 3.43. The summed E-state index contributed by atoms with van der Waals surface area (Å²) >= 11 is 5.06. The largest absolute Gasteiger partial charge is 0.339 e. The van der Waals surface area contributed by atoms with E-state index < -0.39 is 0 Å². The van der Waals surface area contributed by atoms with Gasteiger partial charge in [-0.25, -0.2) is 4.98 Å². The highest BCUT2D eigenvalue weighted by Crippen LogP contribution is 2.16. The Morgan fingerprint density at radius 2 is 2.33 bits per heavy atom. The Bertz CT molecular complexity index is 371. The normalized spacial score (nSPS) is 9.83. The number of nitrogens with one attached hydrogen (secondary N) is 1. The maximum Gasteiger partial charge on any atom is 0.134 e. The van der Waals surface area contributed by atoms with E-state index in [9.17, 15) is 0 Å². The second kappa shape index (κ2) is 3.51. The van der Waals surface area contributed by atoms with Crippen LogP contribution in [0, 0.1) is 17.0 Å². The topological polar surface area (TPSA) is 28.7 Å². The van der Waals surface area contributed by atoms with Gasteiger partial charge < -0.3 is 4.98 Å². The lowest BCUT2D eigenvalue weighted by Crippen LogP contribution is -1.98. The molecule has 1 N–H and O–H groups in total. The number of hydrogen-bond donors (Lipinski definition) is 1. The molecule has 0 atom stereocenters. The zero-order chi connectivity index (χ0) is 9.14. The lowest BCUT2D eigenvalue weighted by atomic mass is 10.0. The molecule has 0 aliphatic rings. The van der Waals surface area contributed by atoms with Crippen molar-refractivity contribution in [1.82, 2.24) is 9.97 Å². The highest BCUT2D eigenvalue weighted by molar-refractivity contribution is 7.71. The fraction of sp³-hybridized carbons (Fsp3) is 0.333. The van der Waals surface area contributed by atoms with E-state index in [1.807, 2.05) is 13.8 Å². The van der Waals surface area contributed by atoms with E-state index in [0.717, 1.165) is 11.3 Å². The molecule has 1 aromatic heterocycles. The molecule has 0 spiro atoms. The molecule has 0 aromatic carbocycles. The van der Waals surface area contributed by atoms with Crippen LogP contribution < -0.4 is 0 Å². The van der Waals surface area contributed by atoms with Gasteiger partial charge in [0.1, 0.15) is 4.64 Å². The van der Waals surface area contributed by atoms with E-state index in [4.69, 9.17) is 18.6 Å². The summed E-state index contributed by atoms with van der Waals surface area (Å²) in [5, 5.41) is 0. The Morgan fingerprint density at radius 1 is 1.67 bits per heavy atom. The van der Waals surface area contributed by atoms with Gasteiger partial charge in [-0.3, -0.25) is 0 Å². The standard InChI is InChI=1S/C9H10N2S/c1-4-7-8(6(2)3)9(12)11-5-10-7/h1,5-6H,2-3H3,(H,10,11,12). The smallest absolute Gasteiger partial charge is 0.134 e. The first-order valence-corrected chi connectivity index (χ1v) is 4.11. The molecule has 0 amide bonds. The molecule has 0 saturated carbocycles. The number of nitrogens with zero attached hydrogens (tertiary/aromatic N) is 1. The van der Waals surface area contributed by atoms with Gasteiger partial charge in [-0.1, -0.05) is 32.0 Å². The Hall–Kier alpha value is -1.14. The third-order valence-corrected chi connectivity index (χ3v) is 1.94. The number of terminal acetylenes is 1. The van der Waals surface area contributed by atoms with Crippen molar-refractivity contribution in [2.75, 3.05) is 0 Å². The molecule has 1 aromatic rings. The van der Waals surface area contributed by atoms with E-state index in [1.54, 1.807) is 0 Å². The van der Waals surface area contributed by atoms with Crippen molar-refractivity contribution in [2.24, 2.45) is 0 Å². The summed E-state index contributed by atoms with van der Waals surface area (Å²) in [4.78, 5) is 6.87. The van der Waals surface area contributed by atoms with Gasteiger partial charge in [0.2, 0.25) is 0 Å². The Morgan fingerprint density at radius 3 is 2.75 bits per heavy atom.